The van der Waals surface area contributed by atoms with Crippen LogP contribution in [0.2, 0.25) is 0 Å². The molecule has 6 rings (SSSR count). The van der Waals surface area contributed by atoms with Crippen molar-refractivity contribution in [3.8, 4) is 11.5 Å². The number of H-pyrrole nitrogens is 1. The molecule has 2 aromatic carbocycles. The van der Waals surface area contributed by atoms with E-state index < -0.39 is 0 Å². The van der Waals surface area contributed by atoms with E-state index in [-0.39, 0.29) is 18.4 Å². The third kappa shape index (κ3) is 4.71. The van der Waals surface area contributed by atoms with Crippen LogP contribution in [0, 0.1) is 6.92 Å². The van der Waals surface area contributed by atoms with Crippen molar-refractivity contribution in [3.05, 3.63) is 75.3 Å². The molecule has 0 radical (unpaired) electrons. The summed E-state index contributed by atoms with van der Waals surface area (Å²) in [5, 5.41) is 13.9. The number of rotatable bonds is 8. The molecule has 2 aromatic heterocycles. The zero-order valence-corrected chi connectivity index (χ0v) is 21.3. The lowest BCUT2D eigenvalue weighted by atomic mass is 10.1. The van der Waals surface area contributed by atoms with Crippen LogP contribution in [0.15, 0.2) is 47.3 Å². The van der Waals surface area contributed by atoms with Gasteiger partial charge in [-0.2, -0.15) is 0 Å². The van der Waals surface area contributed by atoms with Crippen LogP contribution in [0.25, 0.3) is 10.9 Å². The maximum atomic E-state index is 13.2. The van der Waals surface area contributed by atoms with Gasteiger partial charge in [0.2, 0.25) is 6.79 Å². The molecule has 1 saturated carbocycles. The third-order valence-corrected chi connectivity index (χ3v) is 7.61. The topological polar surface area (TPSA) is 98.2 Å². The van der Waals surface area contributed by atoms with Gasteiger partial charge in [0.1, 0.15) is 0 Å². The molecule has 0 spiro atoms. The lowest BCUT2D eigenvalue weighted by molar-refractivity contribution is 0.158. The minimum Gasteiger partial charge on any atom is -0.454 e. The second-order valence-electron chi connectivity index (χ2n) is 10.2. The molecule has 1 aliphatic heterocycles. The van der Waals surface area contributed by atoms with Gasteiger partial charge >= 0.3 is 0 Å². The molecule has 9 heteroatoms. The Labute approximate surface area is 215 Å². The maximum absolute atomic E-state index is 13.2. The first-order chi connectivity index (χ1) is 18.1. The highest BCUT2D eigenvalue weighted by Crippen LogP contribution is 2.36. The molecule has 1 atom stereocenters. The number of ether oxygens (including phenoxy) is 2. The second kappa shape index (κ2) is 9.97. The molecule has 0 unspecified atom stereocenters. The molecule has 0 saturated heterocycles. The van der Waals surface area contributed by atoms with Gasteiger partial charge in [-0.1, -0.05) is 49.6 Å². The molecule has 9 nitrogen and oxygen atoms in total. The smallest absolute Gasteiger partial charge is 0.252 e. The molecular weight excluding hydrogens is 468 g/mol. The van der Waals surface area contributed by atoms with Gasteiger partial charge in [-0.25, -0.2) is 4.68 Å². The standard InChI is InChI=1S/C28H32N6O3/c1-3-24(27-30-31-32-34(27)22-6-4-5-7-22)33(15-19-10-8-18(2)9-11-19)16-21-12-20-13-25-26(37-17-36-25)14-23(20)29-28(21)35/h8-14,22,24H,3-7,15-17H2,1-2H3,(H,29,35)/t24-/m0/s1. The lowest BCUT2D eigenvalue weighted by Gasteiger charge is -2.31. The van der Waals surface area contributed by atoms with Gasteiger partial charge in [0.25, 0.3) is 5.56 Å². The summed E-state index contributed by atoms with van der Waals surface area (Å²) < 4.78 is 13.1. The first-order valence-electron chi connectivity index (χ1n) is 13.1. The Morgan fingerprint density at radius 1 is 1.08 bits per heavy atom. The Morgan fingerprint density at radius 3 is 2.59 bits per heavy atom. The van der Waals surface area contributed by atoms with Crippen LogP contribution in [0.5, 0.6) is 11.5 Å². The Bertz CT molecular complexity index is 1460. The number of pyridine rings is 1. The van der Waals surface area contributed by atoms with Crippen LogP contribution in [0.4, 0.5) is 0 Å². The highest BCUT2D eigenvalue weighted by Gasteiger charge is 2.30. The van der Waals surface area contributed by atoms with E-state index in [9.17, 15) is 4.79 Å². The molecule has 0 bridgehead atoms. The van der Waals surface area contributed by atoms with E-state index in [1.807, 2.05) is 22.9 Å². The average Bonchev–Trinajstić information content (AvgIpc) is 3.67. The third-order valence-electron chi connectivity index (χ3n) is 7.61. The zero-order valence-electron chi connectivity index (χ0n) is 21.3. The largest absolute Gasteiger partial charge is 0.454 e. The number of aromatic nitrogens is 5. The molecule has 0 amide bonds. The summed E-state index contributed by atoms with van der Waals surface area (Å²) >= 11 is 0. The molecule has 192 valence electrons. The van der Waals surface area contributed by atoms with Crippen molar-refractivity contribution in [2.45, 2.75) is 71.1 Å². The average molecular weight is 501 g/mol. The van der Waals surface area contributed by atoms with Crippen molar-refractivity contribution in [3.63, 3.8) is 0 Å². The van der Waals surface area contributed by atoms with E-state index >= 15 is 0 Å². The van der Waals surface area contributed by atoms with Crippen molar-refractivity contribution >= 4 is 10.9 Å². The zero-order chi connectivity index (χ0) is 25.4. The number of aromatic amines is 1. The first kappa shape index (κ1) is 23.7. The molecule has 2 aliphatic rings. The Morgan fingerprint density at radius 2 is 1.84 bits per heavy atom. The number of aryl methyl sites for hydroxylation is 1. The molecule has 1 N–H and O–H groups in total. The van der Waals surface area contributed by atoms with E-state index in [0.29, 0.717) is 36.2 Å². The van der Waals surface area contributed by atoms with E-state index in [1.165, 1.54) is 24.0 Å². The SMILES string of the molecule is CC[C@@H](c1nnnn1C1CCCC1)N(Cc1ccc(C)cc1)Cc1cc2cc3c(cc2[nH]c1=O)OCO3. The summed E-state index contributed by atoms with van der Waals surface area (Å²) in [5.74, 6) is 2.23. The van der Waals surface area contributed by atoms with Crippen LogP contribution in [-0.2, 0) is 13.1 Å². The van der Waals surface area contributed by atoms with Crippen LogP contribution < -0.4 is 15.0 Å². The maximum Gasteiger partial charge on any atom is 0.252 e. The number of benzene rings is 2. The summed E-state index contributed by atoms with van der Waals surface area (Å²) in [6.45, 7) is 5.58. The molecule has 4 aromatic rings. The Kier molecular flexibility index (Phi) is 6.38. The van der Waals surface area contributed by atoms with Crippen LogP contribution in [0.3, 0.4) is 0 Å². The monoisotopic (exact) mass is 500 g/mol. The van der Waals surface area contributed by atoms with Crippen molar-refractivity contribution in [1.82, 2.24) is 30.1 Å². The van der Waals surface area contributed by atoms with Gasteiger partial charge in [0.05, 0.1) is 17.6 Å². The molecule has 1 fully saturated rings. The summed E-state index contributed by atoms with van der Waals surface area (Å²) in [4.78, 5) is 18.6. The van der Waals surface area contributed by atoms with Crippen LogP contribution >= 0.6 is 0 Å². The van der Waals surface area contributed by atoms with Gasteiger partial charge in [0, 0.05) is 30.1 Å². The molecule has 3 heterocycles. The van der Waals surface area contributed by atoms with Gasteiger partial charge in [-0.15, -0.1) is 5.10 Å². The number of hydrogen-bond acceptors (Lipinski definition) is 7. The van der Waals surface area contributed by atoms with E-state index in [0.717, 1.165) is 36.0 Å². The fourth-order valence-corrected chi connectivity index (χ4v) is 5.61. The summed E-state index contributed by atoms with van der Waals surface area (Å²) in [5.41, 5.74) is 3.73. The van der Waals surface area contributed by atoms with Crippen molar-refractivity contribution in [2.24, 2.45) is 0 Å². The van der Waals surface area contributed by atoms with E-state index in [4.69, 9.17) is 9.47 Å². The van der Waals surface area contributed by atoms with E-state index in [2.05, 4.69) is 63.5 Å². The second-order valence-corrected chi connectivity index (χ2v) is 10.2. The summed E-state index contributed by atoms with van der Waals surface area (Å²) in [6, 6.07) is 14.6. The fraction of sp³-hybridized carbons (Fsp3) is 0.429. The van der Waals surface area contributed by atoms with E-state index in [1.54, 1.807) is 0 Å². The van der Waals surface area contributed by atoms with Gasteiger partial charge < -0.3 is 14.5 Å². The van der Waals surface area contributed by atoms with Gasteiger partial charge in [-0.05, 0) is 54.3 Å². The Hall–Kier alpha value is -3.72. The highest BCUT2D eigenvalue weighted by molar-refractivity contribution is 5.83. The van der Waals surface area contributed by atoms with Gasteiger partial charge in [0.15, 0.2) is 17.3 Å². The normalized spacial score (nSPS) is 16.2. The molecule has 1 aliphatic carbocycles. The lowest BCUT2D eigenvalue weighted by Crippen LogP contribution is -2.32. The minimum absolute atomic E-state index is 0.0382. The number of nitrogens with zero attached hydrogens (tertiary/aromatic N) is 5. The van der Waals surface area contributed by atoms with Crippen molar-refractivity contribution in [1.29, 1.82) is 0 Å². The number of hydrogen-bond donors (Lipinski definition) is 1. The van der Waals surface area contributed by atoms with Crippen LogP contribution in [-0.4, -0.2) is 36.9 Å². The quantitative estimate of drug-likeness (QED) is 0.370. The first-order valence-corrected chi connectivity index (χ1v) is 13.1. The highest BCUT2D eigenvalue weighted by atomic mass is 16.7. The predicted molar refractivity (Wildman–Crippen MR) is 139 cm³/mol. The Balaban J connectivity index is 1.38. The van der Waals surface area contributed by atoms with Crippen molar-refractivity contribution in [2.75, 3.05) is 6.79 Å². The fourth-order valence-electron chi connectivity index (χ4n) is 5.61. The minimum atomic E-state index is -0.106. The predicted octanol–water partition coefficient (Wildman–Crippen LogP) is 4.82. The number of fused-ring (bicyclic) bond motifs is 2. The number of tetrazole rings is 1. The summed E-state index contributed by atoms with van der Waals surface area (Å²) in [6.07, 6.45) is 5.44. The van der Waals surface area contributed by atoms with Gasteiger partial charge in [-0.3, -0.25) is 9.69 Å². The summed E-state index contributed by atoms with van der Waals surface area (Å²) in [7, 11) is 0. The molecule has 37 heavy (non-hydrogen) atoms. The van der Waals surface area contributed by atoms with Crippen molar-refractivity contribution < 1.29 is 9.47 Å². The number of nitrogens with one attached hydrogen (secondary N) is 1. The van der Waals surface area contributed by atoms with Crippen LogP contribution in [0.1, 0.15) is 73.6 Å². The molecular formula is C28H32N6O3.